The molecule has 0 saturated heterocycles. The van der Waals surface area contributed by atoms with E-state index in [0.29, 0.717) is 24.3 Å². The van der Waals surface area contributed by atoms with Crippen LogP contribution in [-0.4, -0.2) is 48.3 Å². The first-order chi connectivity index (χ1) is 12.3. The van der Waals surface area contributed by atoms with Gasteiger partial charge in [0.05, 0.1) is 6.54 Å². The molecular weight excluding hydrogens is 338 g/mol. The number of anilines is 2. The van der Waals surface area contributed by atoms with E-state index < -0.39 is 11.9 Å². The van der Waals surface area contributed by atoms with E-state index >= 15 is 0 Å². The van der Waals surface area contributed by atoms with Crippen LogP contribution in [-0.2, 0) is 23.9 Å². The summed E-state index contributed by atoms with van der Waals surface area (Å²) in [6.45, 7) is 4.79. The molecule has 1 aromatic rings. The van der Waals surface area contributed by atoms with Gasteiger partial charge >= 0.3 is 5.97 Å². The number of amides is 3. The lowest BCUT2D eigenvalue weighted by atomic mass is 10.2. The third-order valence-corrected chi connectivity index (χ3v) is 3.37. The number of hydrogen-bond acceptors (Lipinski definition) is 5. The van der Waals surface area contributed by atoms with Gasteiger partial charge in [-0.25, -0.2) is 0 Å². The van der Waals surface area contributed by atoms with Gasteiger partial charge in [-0.15, -0.1) is 0 Å². The lowest BCUT2D eigenvalue weighted by molar-refractivity contribution is -0.152. The number of nitrogens with one attached hydrogen (secondary N) is 2. The molecule has 0 heterocycles. The highest BCUT2D eigenvalue weighted by atomic mass is 16.5. The molecule has 0 fully saturated rings. The first-order valence-electron chi connectivity index (χ1n) is 8.46. The maximum Gasteiger partial charge on any atom is 0.306 e. The van der Waals surface area contributed by atoms with Crippen molar-refractivity contribution in [1.29, 1.82) is 0 Å². The Labute approximate surface area is 152 Å². The van der Waals surface area contributed by atoms with Gasteiger partial charge in [-0.05, 0) is 37.6 Å². The molecule has 0 unspecified atom stereocenters. The first kappa shape index (κ1) is 21.1. The van der Waals surface area contributed by atoms with Crippen molar-refractivity contribution in [2.45, 2.75) is 33.6 Å². The quantitative estimate of drug-likeness (QED) is 0.651. The van der Waals surface area contributed by atoms with Crippen LogP contribution in [0.25, 0.3) is 0 Å². The summed E-state index contributed by atoms with van der Waals surface area (Å²) in [5, 5.41) is 5.30. The van der Waals surface area contributed by atoms with E-state index in [0.717, 1.165) is 0 Å². The molecule has 8 heteroatoms. The number of hydrogen-bond donors (Lipinski definition) is 2. The molecule has 2 N–H and O–H groups in total. The van der Waals surface area contributed by atoms with Gasteiger partial charge in [-0.2, -0.15) is 0 Å². The first-order valence-corrected chi connectivity index (χ1v) is 8.46. The van der Waals surface area contributed by atoms with E-state index in [1.54, 1.807) is 31.2 Å². The van der Waals surface area contributed by atoms with Gasteiger partial charge in [0.2, 0.25) is 11.8 Å². The molecule has 0 saturated carbocycles. The smallest absolute Gasteiger partial charge is 0.306 e. The average Bonchev–Trinajstić information content (AvgIpc) is 2.59. The minimum absolute atomic E-state index is 0.145. The van der Waals surface area contributed by atoms with Crippen molar-refractivity contribution in [3.05, 3.63) is 24.3 Å². The number of rotatable bonds is 9. The maximum absolute atomic E-state index is 12.1. The molecule has 0 aliphatic heterocycles. The van der Waals surface area contributed by atoms with Crippen LogP contribution in [0, 0.1) is 0 Å². The fraction of sp³-hybridized carbons (Fsp3) is 0.444. The summed E-state index contributed by atoms with van der Waals surface area (Å²) in [6.07, 6.45) is 0.905. The molecule has 0 aromatic heterocycles. The number of ether oxygens (including phenoxy) is 1. The third kappa shape index (κ3) is 7.78. The van der Waals surface area contributed by atoms with Crippen LogP contribution in [0.3, 0.4) is 0 Å². The van der Waals surface area contributed by atoms with Crippen molar-refractivity contribution in [3.8, 4) is 0 Å². The minimum atomic E-state index is -0.430. The number of nitrogens with zero attached hydrogens (tertiary/aromatic N) is 1. The zero-order valence-corrected chi connectivity index (χ0v) is 15.3. The van der Waals surface area contributed by atoms with Gasteiger partial charge in [0, 0.05) is 31.3 Å². The molecule has 1 aromatic carbocycles. The van der Waals surface area contributed by atoms with Gasteiger partial charge < -0.3 is 20.3 Å². The standard InChI is InChI=1S/C18H25N3O5/c1-4-6-18(25)26-12-17(24)21(5-2)11-16(23)20-15-9-7-14(8-10-15)19-13(3)22/h7-10H,4-6,11-12H2,1-3H3,(H,19,22)(H,20,23). The largest absolute Gasteiger partial charge is 0.456 e. The number of benzene rings is 1. The van der Waals surface area contributed by atoms with Crippen LogP contribution in [0.5, 0.6) is 0 Å². The van der Waals surface area contributed by atoms with Crippen molar-refractivity contribution >= 4 is 35.1 Å². The fourth-order valence-electron chi connectivity index (χ4n) is 2.10. The van der Waals surface area contributed by atoms with Gasteiger partial charge in [-0.3, -0.25) is 19.2 Å². The van der Waals surface area contributed by atoms with Crippen molar-refractivity contribution in [3.63, 3.8) is 0 Å². The summed E-state index contributed by atoms with van der Waals surface area (Å²) in [5.74, 6) is -1.40. The SMILES string of the molecule is CCCC(=O)OCC(=O)N(CC)CC(=O)Nc1ccc(NC(C)=O)cc1. The summed E-state index contributed by atoms with van der Waals surface area (Å²) in [7, 11) is 0. The van der Waals surface area contributed by atoms with Crippen LogP contribution in [0.2, 0.25) is 0 Å². The second-order valence-corrected chi connectivity index (χ2v) is 5.63. The molecule has 0 radical (unpaired) electrons. The number of carbonyl (C=O) groups excluding carboxylic acids is 4. The molecule has 142 valence electrons. The maximum atomic E-state index is 12.1. The molecule has 0 aliphatic carbocycles. The van der Waals surface area contributed by atoms with E-state index in [4.69, 9.17) is 4.74 Å². The topological polar surface area (TPSA) is 105 Å². The summed E-state index contributed by atoms with van der Waals surface area (Å²) >= 11 is 0. The lowest BCUT2D eigenvalue weighted by Gasteiger charge is -2.20. The fourth-order valence-corrected chi connectivity index (χ4v) is 2.10. The molecule has 0 aliphatic rings. The number of likely N-dealkylation sites (N-methyl/N-ethyl adjacent to an activating group) is 1. The molecule has 0 atom stereocenters. The van der Waals surface area contributed by atoms with Gasteiger partial charge in [0.25, 0.3) is 5.91 Å². The highest BCUT2D eigenvalue weighted by Gasteiger charge is 2.17. The van der Waals surface area contributed by atoms with Crippen LogP contribution in [0.4, 0.5) is 11.4 Å². The second-order valence-electron chi connectivity index (χ2n) is 5.63. The van der Waals surface area contributed by atoms with Crippen molar-refractivity contribution < 1.29 is 23.9 Å². The Balaban J connectivity index is 2.51. The van der Waals surface area contributed by atoms with E-state index in [9.17, 15) is 19.2 Å². The van der Waals surface area contributed by atoms with Crippen molar-refractivity contribution in [2.75, 3.05) is 30.3 Å². The van der Waals surface area contributed by atoms with Crippen LogP contribution in [0.1, 0.15) is 33.6 Å². The summed E-state index contributed by atoms with van der Waals surface area (Å²) in [6, 6.07) is 6.61. The summed E-state index contributed by atoms with van der Waals surface area (Å²) in [4.78, 5) is 47.8. The predicted octanol–water partition coefficient (Wildman–Crippen LogP) is 1.78. The van der Waals surface area contributed by atoms with E-state index in [-0.39, 0.29) is 31.4 Å². The average molecular weight is 363 g/mol. The Hall–Kier alpha value is -2.90. The number of esters is 1. The van der Waals surface area contributed by atoms with Gasteiger partial charge in [0.15, 0.2) is 6.61 Å². The van der Waals surface area contributed by atoms with Crippen LogP contribution >= 0.6 is 0 Å². The highest BCUT2D eigenvalue weighted by molar-refractivity contribution is 5.95. The zero-order valence-electron chi connectivity index (χ0n) is 15.3. The van der Waals surface area contributed by atoms with E-state index in [1.165, 1.54) is 11.8 Å². The second kappa shape index (κ2) is 10.9. The molecular formula is C18H25N3O5. The van der Waals surface area contributed by atoms with E-state index in [1.807, 2.05) is 6.92 Å². The van der Waals surface area contributed by atoms with E-state index in [2.05, 4.69) is 10.6 Å². The van der Waals surface area contributed by atoms with Crippen molar-refractivity contribution in [2.24, 2.45) is 0 Å². The van der Waals surface area contributed by atoms with Crippen LogP contribution in [0.15, 0.2) is 24.3 Å². The Morgan fingerprint density at radius 3 is 2.08 bits per heavy atom. The molecule has 0 spiro atoms. The zero-order chi connectivity index (χ0) is 19.5. The molecule has 3 amide bonds. The van der Waals surface area contributed by atoms with Crippen LogP contribution < -0.4 is 10.6 Å². The monoisotopic (exact) mass is 363 g/mol. The normalized spacial score (nSPS) is 9.96. The molecule has 8 nitrogen and oxygen atoms in total. The molecule has 1 rings (SSSR count). The number of carbonyl (C=O) groups is 4. The summed E-state index contributed by atoms with van der Waals surface area (Å²) < 4.78 is 4.88. The Bertz CT molecular complexity index is 643. The lowest BCUT2D eigenvalue weighted by Crippen LogP contribution is -2.40. The van der Waals surface area contributed by atoms with Gasteiger partial charge in [-0.1, -0.05) is 6.92 Å². The third-order valence-electron chi connectivity index (χ3n) is 3.37. The Kier molecular flexibility index (Phi) is 8.83. The minimum Gasteiger partial charge on any atom is -0.456 e. The highest BCUT2D eigenvalue weighted by Crippen LogP contribution is 2.13. The Morgan fingerprint density at radius 1 is 1.00 bits per heavy atom. The molecule has 0 bridgehead atoms. The van der Waals surface area contributed by atoms with Crippen molar-refractivity contribution in [1.82, 2.24) is 4.90 Å². The predicted molar refractivity (Wildman–Crippen MR) is 97.5 cm³/mol. The van der Waals surface area contributed by atoms with Gasteiger partial charge in [0.1, 0.15) is 0 Å². The summed E-state index contributed by atoms with van der Waals surface area (Å²) in [5.41, 5.74) is 1.16. The Morgan fingerprint density at radius 2 is 1.58 bits per heavy atom. The molecule has 26 heavy (non-hydrogen) atoms.